The molecule has 0 saturated carbocycles. The Morgan fingerprint density at radius 2 is 0.924 bits per heavy atom. The van der Waals surface area contributed by atoms with E-state index in [0.29, 0.717) is 0 Å². The van der Waals surface area contributed by atoms with Crippen molar-refractivity contribution in [2.45, 2.75) is 0 Å². The van der Waals surface area contributed by atoms with E-state index in [4.69, 9.17) is 9.39 Å². The zero-order valence-electron chi connectivity index (χ0n) is 35.4. The van der Waals surface area contributed by atoms with Gasteiger partial charge in [-0.3, -0.25) is 0 Å². The summed E-state index contributed by atoms with van der Waals surface area (Å²) in [6.07, 6.45) is 0. The van der Waals surface area contributed by atoms with Crippen LogP contribution in [-0.4, -0.2) is 20.5 Å². The minimum atomic E-state index is -0.345. The van der Waals surface area contributed by atoms with Crippen molar-refractivity contribution in [2.24, 2.45) is 0 Å². The second kappa shape index (κ2) is 12.5. The molecule has 0 fully saturated rings. The van der Waals surface area contributed by atoms with Gasteiger partial charge in [-0.25, -0.2) is 0 Å². The predicted molar refractivity (Wildman–Crippen MR) is 273 cm³/mol. The van der Waals surface area contributed by atoms with Crippen LogP contribution >= 0.6 is 0 Å². The topological polar surface area (TPSA) is 32.7 Å². The van der Waals surface area contributed by atoms with Gasteiger partial charge in [0.05, 0.1) is 44.3 Å². The van der Waals surface area contributed by atoms with Gasteiger partial charge in [0.2, 0.25) is 0 Å². The maximum Gasteiger partial charge on any atom is 0.434 e. The fourth-order valence-electron chi connectivity index (χ4n) is 12.0. The Morgan fingerprint density at radius 3 is 1.67 bits per heavy atom. The number of aromatic nitrogens is 3. The standard InChI is InChI=1S/C60H34BN3O2/c1-8-22-48(63-50-24-10-2-16-38(50)39-17-3-11-25-51(39)63)37(15-1)35-31-44-42-20-7-14-28-54(42)66-61-47-30-29-36(33-55(47)65-56(32-35)58(44)61)62-49-23-9-4-18-40(49)45-34-46-41-19-5-12-26-52(41)64-53-27-13-6-21-43(53)57(59(45)62)60(46)64/h1-34H. The predicted octanol–water partition coefficient (Wildman–Crippen LogP) is 14.0. The molecule has 0 N–H and O–H groups in total. The van der Waals surface area contributed by atoms with Crippen LogP contribution in [0.5, 0.6) is 17.2 Å². The molecule has 10 aromatic carbocycles. The molecule has 0 radical (unpaired) electrons. The molecular weight excluding hydrogens is 805 g/mol. The summed E-state index contributed by atoms with van der Waals surface area (Å²) >= 11 is 0. The largest absolute Gasteiger partial charge is 0.551 e. The van der Waals surface area contributed by atoms with Crippen molar-refractivity contribution in [2.75, 3.05) is 0 Å². The maximum atomic E-state index is 7.26. The van der Waals surface area contributed by atoms with Gasteiger partial charge in [0.15, 0.2) is 0 Å². The summed E-state index contributed by atoms with van der Waals surface area (Å²) in [6, 6.07) is 74.9. The molecule has 0 unspecified atom stereocenters. The van der Waals surface area contributed by atoms with Gasteiger partial charge in [0, 0.05) is 76.9 Å². The number of nitrogens with zero attached hydrogens (tertiary/aromatic N) is 3. The average molecular weight is 840 g/mol. The van der Waals surface area contributed by atoms with E-state index in [9.17, 15) is 0 Å². The number of fused-ring (bicyclic) bond motifs is 17. The van der Waals surface area contributed by atoms with Crippen molar-refractivity contribution in [3.05, 3.63) is 206 Å². The first kappa shape index (κ1) is 34.7. The number of hydrogen-bond donors (Lipinski definition) is 0. The summed E-state index contributed by atoms with van der Waals surface area (Å²) in [6.45, 7) is -0.345. The fraction of sp³-hybridized carbons (Fsp3) is 0. The van der Waals surface area contributed by atoms with Crippen LogP contribution in [0.15, 0.2) is 206 Å². The van der Waals surface area contributed by atoms with Crippen molar-refractivity contribution < 1.29 is 9.39 Å². The third-order valence-electron chi connectivity index (χ3n) is 14.6. The quantitative estimate of drug-likeness (QED) is 0.166. The highest BCUT2D eigenvalue weighted by atomic mass is 16.5. The molecule has 4 aromatic heterocycles. The first-order valence-electron chi connectivity index (χ1n) is 22.7. The van der Waals surface area contributed by atoms with Crippen LogP contribution in [0.3, 0.4) is 0 Å². The van der Waals surface area contributed by atoms with Crippen LogP contribution in [0.1, 0.15) is 0 Å². The van der Waals surface area contributed by atoms with E-state index in [1.165, 1.54) is 76.2 Å². The zero-order valence-corrected chi connectivity index (χ0v) is 35.4. The molecule has 0 amide bonds. The van der Waals surface area contributed by atoms with Gasteiger partial charge in [-0.2, -0.15) is 0 Å². The summed E-state index contributed by atoms with van der Waals surface area (Å²) in [7, 11) is 0. The number of ether oxygens (including phenoxy) is 1. The summed E-state index contributed by atoms with van der Waals surface area (Å²) in [5.74, 6) is 2.47. The second-order valence-corrected chi connectivity index (χ2v) is 17.9. The van der Waals surface area contributed by atoms with E-state index in [0.717, 1.165) is 67.3 Å². The van der Waals surface area contributed by atoms with Gasteiger partial charge in [-0.05, 0) is 77.9 Å². The zero-order chi connectivity index (χ0) is 42.8. The van der Waals surface area contributed by atoms with Crippen molar-refractivity contribution in [1.29, 1.82) is 0 Å². The molecule has 0 saturated heterocycles. The molecule has 66 heavy (non-hydrogen) atoms. The monoisotopic (exact) mass is 839 g/mol. The molecule has 0 bridgehead atoms. The van der Waals surface area contributed by atoms with Crippen molar-refractivity contribution in [3.63, 3.8) is 0 Å². The molecule has 14 aromatic rings. The Labute approximate surface area is 377 Å². The smallest absolute Gasteiger partial charge is 0.434 e. The summed E-state index contributed by atoms with van der Waals surface area (Å²) in [5.41, 5.74) is 17.0. The van der Waals surface area contributed by atoms with E-state index >= 15 is 0 Å². The minimum Gasteiger partial charge on any atom is -0.551 e. The molecule has 5 nitrogen and oxygen atoms in total. The molecule has 16 rings (SSSR count). The minimum absolute atomic E-state index is 0.345. The van der Waals surface area contributed by atoms with Crippen molar-refractivity contribution in [3.8, 4) is 50.9 Å². The number of hydrogen-bond acceptors (Lipinski definition) is 2. The number of benzene rings is 10. The molecule has 6 heterocycles. The van der Waals surface area contributed by atoms with Crippen LogP contribution < -0.4 is 20.3 Å². The van der Waals surface area contributed by atoms with Gasteiger partial charge in [-0.15, -0.1) is 0 Å². The fourth-order valence-corrected chi connectivity index (χ4v) is 12.0. The Hall–Kier alpha value is -8.74. The lowest BCUT2D eigenvalue weighted by Gasteiger charge is -2.33. The van der Waals surface area contributed by atoms with Gasteiger partial charge in [0.1, 0.15) is 17.2 Å². The molecule has 6 heteroatoms. The highest BCUT2D eigenvalue weighted by Crippen LogP contribution is 2.48. The third kappa shape index (κ3) is 4.36. The van der Waals surface area contributed by atoms with E-state index < -0.39 is 0 Å². The van der Waals surface area contributed by atoms with Crippen molar-refractivity contribution >= 4 is 99.5 Å². The SMILES string of the molecule is c1ccc2c(c1)OB1c3ccc(-n4c5ccccc5c5cc6c7ccccc7n7c8ccccc8c(c54)c67)cc3Oc3cc(-c4ccccc4-n4c5ccccc5c5ccccc54)cc-2c31. The highest BCUT2D eigenvalue weighted by Gasteiger charge is 2.41. The Balaban J connectivity index is 0.936. The van der Waals surface area contributed by atoms with E-state index in [1.54, 1.807) is 0 Å². The Kier molecular flexibility index (Phi) is 6.57. The molecule has 2 aliphatic rings. The summed E-state index contributed by atoms with van der Waals surface area (Å²) in [5, 5.41) is 9.99. The van der Waals surface area contributed by atoms with E-state index in [-0.39, 0.29) is 6.92 Å². The molecular formula is C60H34BN3O2. The van der Waals surface area contributed by atoms with Crippen LogP contribution in [0, 0.1) is 0 Å². The molecule has 0 spiro atoms. The Morgan fingerprint density at radius 1 is 0.364 bits per heavy atom. The van der Waals surface area contributed by atoms with Crippen LogP contribution in [0.2, 0.25) is 0 Å². The Bertz CT molecular complexity index is 4390. The van der Waals surface area contributed by atoms with E-state index in [2.05, 4.69) is 220 Å². The summed E-state index contributed by atoms with van der Waals surface area (Å²) < 4.78 is 21.6. The summed E-state index contributed by atoms with van der Waals surface area (Å²) in [4.78, 5) is 0. The van der Waals surface area contributed by atoms with Gasteiger partial charge in [0.25, 0.3) is 0 Å². The maximum absolute atomic E-state index is 7.26. The average Bonchev–Trinajstić information content (AvgIpc) is 4.10. The van der Waals surface area contributed by atoms with Crippen LogP contribution in [0.4, 0.5) is 0 Å². The molecule has 0 atom stereocenters. The molecule has 2 aliphatic heterocycles. The lowest BCUT2D eigenvalue weighted by molar-refractivity contribution is 0.479. The number of para-hydroxylation sites is 7. The normalized spacial score (nSPS) is 13.1. The lowest BCUT2D eigenvalue weighted by atomic mass is 9.50. The van der Waals surface area contributed by atoms with Crippen molar-refractivity contribution in [1.82, 2.24) is 13.5 Å². The van der Waals surface area contributed by atoms with Crippen LogP contribution in [-0.2, 0) is 0 Å². The van der Waals surface area contributed by atoms with Gasteiger partial charge in [-0.1, -0.05) is 133 Å². The van der Waals surface area contributed by atoms with Gasteiger partial charge < -0.3 is 22.9 Å². The lowest BCUT2D eigenvalue weighted by Crippen LogP contribution is -2.53. The molecule has 304 valence electrons. The third-order valence-corrected chi connectivity index (χ3v) is 14.6. The van der Waals surface area contributed by atoms with Crippen LogP contribution in [0.25, 0.3) is 115 Å². The number of rotatable bonds is 3. The second-order valence-electron chi connectivity index (χ2n) is 17.9. The first-order valence-corrected chi connectivity index (χ1v) is 22.7. The molecule has 0 aliphatic carbocycles. The van der Waals surface area contributed by atoms with E-state index in [1.807, 2.05) is 0 Å². The van der Waals surface area contributed by atoms with Gasteiger partial charge >= 0.3 is 6.92 Å². The first-order chi connectivity index (χ1) is 32.8. The highest BCUT2D eigenvalue weighted by molar-refractivity contribution is 6.84.